The Morgan fingerprint density at radius 3 is 2.41 bits per heavy atom. The zero-order chi connectivity index (χ0) is 22.3. The second-order valence-electron chi connectivity index (χ2n) is 7.30. The molecule has 0 atom stereocenters. The fourth-order valence-electron chi connectivity index (χ4n) is 3.41. The molecule has 5 nitrogen and oxygen atoms in total. The Bertz CT molecular complexity index is 1260. The predicted molar refractivity (Wildman–Crippen MR) is 123 cm³/mol. The Balaban J connectivity index is 1.48. The molecule has 3 N–H and O–H groups in total. The maximum absolute atomic E-state index is 13.3. The summed E-state index contributed by atoms with van der Waals surface area (Å²) in [5.41, 5.74) is 3.26. The number of H-pyrrole nitrogens is 1. The van der Waals surface area contributed by atoms with Crippen LogP contribution >= 0.6 is 0 Å². The number of aromatic amines is 1. The number of fused-ring (bicyclic) bond motifs is 1. The van der Waals surface area contributed by atoms with Gasteiger partial charge in [-0.2, -0.15) is 0 Å². The van der Waals surface area contributed by atoms with E-state index in [-0.39, 0.29) is 11.5 Å². The molecule has 0 bridgehead atoms. The van der Waals surface area contributed by atoms with Gasteiger partial charge >= 0.3 is 0 Å². The molecule has 0 saturated carbocycles. The van der Waals surface area contributed by atoms with E-state index in [2.05, 4.69) is 15.6 Å². The molecule has 4 aromatic rings. The zero-order valence-corrected chi connectivity index (χ0v) is 17.3. The van der Waals surface area contributed by atoms with Crippen molar-refractivity contribution in [1.82, 2.24) is 15.6 Å². The van der Waals surface area contributed by atoms with Crippen molar-refractivity contribution in [1.29, 1.82) is 0 Å². The van der Waals surface area contributed by atoms with Gasteiger partial charge in [-0.3, -0.25) is 9.59 Å². The lowest BCUT2D eigenvalue weighted by Gasteiger charge is -2.11. The molecule has 0 aliphatic heterocycles. The SMILES string of the molecule is O=C(NCCc1c[nH]c2ccccc12)/C(=C/c1ccc(F)cc1)NC(=O)c1ccccc1. The summed E-state index contributed by atoms with van der Waals surface area (Å²) in [6.07, 6.45) is 4.09. The van der Waals surface area contributed by atoms with Gasteiger partial charge in [-0.15, -0.1) is 0 Å². The Morgan fingerprint density at radius 1 is 0.906 bits per heavy atom. The molecule has 0 spiro atoms. The number of amides is 2. The van der Waals surface area contributed by atoms with E-state index < -0.39 is 11.8 Å². The predicted octanol–water partition coefficient (Wildman–Crippen LogP) is 4.44. The van der Waals surface area contributed by atoms with Gasteiger partial charge < -0.3 is 15.6 Å². The monoisotopic (exact) mass is 427 g/mol. The molecule has 2 amide bonds. The third kappa shape index (κ3) is 5.10. The van der Waals surface area contributed by atoms with E-state index >= 15 is 0 Å². The molecular weight excluding hydrogens is 405 g/mol. The van der Waals surface area contributed by atoms with Crippen molar-refractivity contribution in [3.05, 3.63) is 113 Å². The van der Waals surface area contributed by atoms with Gasteiger partial charge in [0, 0.05) is 29.2 Å². The summed E-state index contributed by atoms with van der Waals surface area (Å²) >= 11 is 0. The lowest BCUT2D eigenvalue weighted by Crippen LogP contribution is -2.35. The Morgan fingerprint density at radius 2 is 1.62 bits per heavy atom. The van der Waals surface area contributed by atoms with Crippen LogP contribution in [-0.4, -0.2) is 23.3 Å². The van der Waals surface area contributed by atoms with Crippen LogP contribution < -0.4 is 10.6 Å². The second kappa shape index (κ2) is 9.75. The van der Waals surface area contributed by atoms with Gasteiger partial charge in [-0.25, -0.2) is 4.39 Å². The summed E-state index contributed by atoms with van der Waals surface area (Å²) in [5, 5.41) is 6.66. The number of hydrogen-bond acceptors (Lipinski definition) is 2. The summed E-state index contributed by atoms with van der Waals surface area (Å²) < 4.78 is 13.3. The van der Waals surface area contributed by atoms with Gasteiger partial charge in [-0.1, -0.05) is 48.5 Å². The van der Waals surface area contributed by atoms with Crippen LogP contribution in [0.1, 0.15) is 21.5 Å². The molecule has 0 fully saturated rings. The van der Waals surface area contributed by atoms with Crippen LogP contribution in [-0.2, 0) is 11.2 Å². The first kappa shape index (κ1) is 21.1. The minimum absolute atomic E-state index is 0.0874. The fourth-order valence-corrected chi connectivity index (χ4v) is 3.41. The average Bonchev–Trinajstić information content (AvgIpc) is 3.23. The van der Waals surface area contributed by atoms with E-state index in [0.717, 1.165) is 16.5 Å². The Hall–Kier alpha value is -4.19. The highest BCUT2D eigenvalue weighted by molar-refractivity contribution is 6.05. The van der Waals surface area contributed by atoms with E-state index in [1.807, 2.05) is 36.5 Å². The third-order valence-corrected chi connectivity index (χ3v) is 5.06. The van der Waals surface area contributed by atoms with E-state index in [9.17, 15) is 14.0 Å². The summed E-state index contributed by atoms with van der Waals surface area (Å²) in [4.78, 5) is 28.7. The van der Waals surface area contributed by atoms with E-state index in [0.29, 0.717) is 24.1 Å². The first-order valence-corrected chi connectivity index (χ1v) is 10.3. The van der Waals surface area contributed by atoms with Crippen LogP contribution in [0.3, 0.4) is 0 Å². The van der Waals surface area contributed by atoms with Crippen molar-refractivity contribution in [2.45, 2.75) is 6.42 Å². The van der Waals surface area contributed by atoms with Crippen molar-refractivity contribution in [3.63, 3.8) is 0 Å². The highest BCUT2D eigenvalue weighted by Gasteiger charge is 2.15. The highest BCUT2D eigenvalue weighted by atomic mass is 19.1. The van der Waals surface area contributed by atoms with E-state index in [4.69, 9.17) is 0 Å². The van der Waals surface area contributed by atoms with Crippen LogP contribution in [0.5, 0.6) is 0 Å². The lowest BCUT2D eigenvalue weighted by molar-refractivity contribution is -0.117. The summed E-state index contributed by atoms with van der Waals surface area (Å²) in [6.45, 7) is 0.392. The van der Waals surface area contributed by atoms with Gasteiger partial charge in [0.15, 0.2) is 0 Å². The quantitative estimate of drug-likeness (QED) is 0.382. The number of nitrogens with one attached hydrogen (secondary N) is 3. The molecule has 160 valence electrons. The van der Waals surface area contributed by atoms with Crippen LogP contribution in [0.2, 0.25) is 0 Å². The van der Waals surface area contributed by atoms with Crippen molar-refractivity contribution in [2.75, 3.05) is 6.54 Å². The number of carbonyl (C=O) groups is 2. The van der Waals surface area contributed by atoms with Gasteiger partial charge in [0.05, 0.1) is 0 Å². The summed E-state index contributed by atoms with van der Waals surface area (Å²) in [5.74, 6) is -1.19. The lowest BCUT2D eigenvalue weighted by atomic mass is 10.1. The third-order valence-electron chi connectivity index (χ3n) is 5.06. The first-order chi connectivity index (χ1) is 15.6. The average molecular weight is 427 g/mol. The van der Waals surface area contributed by atoms with Crippen molar-refractivity contribution in [3.8, 4) is 0 Å². The number of carbonyl (C=O) groups excluding carboxylic acids is 2. The molecule has 0 aliphatic carbocycles. The van der Waals surface area contributed by atoms with Gasteiger partial charge in [-0.05, 0) is 54.0 Å². The van der Waals surface area contributed by atoms with Gasteiger partial charge in [0.2, 0.25) is 0 Å². The largest absolute Gasteiger partial charge is 0.361 e. The normalized spacial score (nSPS) is 11.3. The molecule has 0 radical (unpaired) electrons. The zero-order valence-electron chi connectivity index (χ0n) is 17.3. The molecular formula is C26H22FN3O2. The second-order valence-corrected chi connectivity index (χ2v) is 7.30. The fraction of sp³-hybridized carbons (Fsp3) is 0.0769. The van der Waals surface area contributed by atoms with Crippen molar-refractivity contribution in [2.24, 2.45) is 0 Å². The molecule has 0 saturated heterocycles. The highest BCUT2D eigenvalue weighted by Crippen LogP contribution is 2.17. The Kier molecular flexibility index (Phi) is 6.41. The minimum atomic E-state index is -0.418. The van der Waals surface area contributed by atoms with Crippen LogP contribution in [0.25, 0.3) is 17.0 Å². The molecule has 1 heterocycles. The van der Waals surface area contributed by atoms with Crippen LogP contribution in [0, 0.1) is 5.82 Å². The molecule has 4 rings (SSSR count). The number of halogens is 1. The van der Waals surface area contributed by atoms with E-state index in [1.54, 1.807) is 36.4 Å². The number of rotatable bonds is 7. The van der Waals surface area contributed by atoms with Crippen molar-refractivity contribution >= 4 is 28.8 Å². The smallest absolute Gasteiger partial charge is 0.267 e. The number of benzene rings is 3. The number of hydrogen-bond donors (Lipinski definition) is 3. The molecule has 1 aromatic heterocycles. The maximum Gasteiger partial charge on any atom is 0.267 e. The van der Waals surface area contributed by atoms with Crippen LogP contribution in [0.4, 0.5) is 4.39 Å². The first-order valence-electron chi connectivity index (χ1n) is 10.3. The number of aromatic nitrogens is 1. The topological polar surface area (TPSA) is 74.0 Å². The Labute approximate surface area is 185 Å². The van der Waals surface area contributed by atoms with Gasteiger partial charge in [0.25, 0.3) is 11.8 Å². The molecule has 6 heteroatoms. The maximum atomic E-state index is 13.3. The number of para-hydroxylation sites is 1. The molecule has 0 unspecified atom stereocenters. The molecule has 3 aromatic carbocycles. The minimum Gasteiger partial charge on any atom is -0.361 e. The molecule has 32 heavy (non-hydrogen) atoms. The van der Waals surface area contributed by atoms with E-state index in [1.165, 1.54) is 18.2 Å². The van der Waals surface area contributed by atoms with Crippen molar-refractivity contribution < 1.29 is 14.0 Å². The standard InChI is InChI=1S/C26H22FN3O2/c27-21-12-10-18(11-13-21)16-24(30-25(31)19-6-2-1-3-7-19)26(32)28-15-14-20-17-29-23-9-5-4-8-22(20)23/h1-13,16-17,29H,14-15H2,(H,28,32)(H,30,31)/b24-16-. The van der Waals surface area contributed by atoms with Gasteiger partial charge in [0.1, 0.15) is 11.5 Å². The molecule has 0 aliphatic rings. The van der Waals surface area contributed by atoms with Crippen LogP contribution in [0.15, 0.2) is 90.8 Å². The summed E-state index contributed by atoms with van der Waals surface area (Å²) in [7, 11) is 0. The summed E-state index contributed by atoms with van der Waals surface area (Å²) in [6, 6.07) is 22.3.